The van der Waals surface area contributed by atoms with Crippen molar-refractivity contribution in [2.24, 2.45) is 11.8 Å². The molecular formula is C17H22O4. The maximum Gasteiger partial charge on any atom is 0.218 e. The summed E-state index contributed by atoms with van der Waals surface area (Å²) >= 11 is 0. The topological polar surface area (TPSA) is 52.6 Å². The van der Waals surface area contributed by atoms with Crippen molar-refractivity contribution in [2.75, 3.05) is 14.2 Å². The Bertz CT molecular complexity index is 479. The van der Waals surface area contributed by atoms with Gasteiger partial charge in [-0.3, -0.25) is 9.59 Å². The molecule has 2 rings (SSSR count). The number of carbonyl (C=O) groups excluding carboxylic acids is 2. The highest BCUT2D eigenvalue weighted by Crippen LogP contribution is 2.30. The van der Waals surface area contributed by atoms with Crippen molar-refractivity contribution in [1.82, 2.24) is 0 Å². The lowest BCUT2D eigenvalue weighted by Crippen LogP contribution is -2.41. The number of rotatable bonds is 6. The third kappa shape index (κ3) is 3.77. The highest BCUT2D eigenvalue weighted by Gasteiger charge is 2.38. The maximum atomic E-state index is 12.6. The van der Waals surface area contributed by atoms with Crippen molar-refractivity contribution < 1.29 is 19.1 Å². The fraction of sp³-hybridized carbons (Fsp3) is 0.529. The van der Waals surface area contributed by atoms with Crippen molar-refractivity contribution in [3.63, 3.8) is 0 Å². The van der Waals surface area contributed by atoms with Gasteiger partial charge in [0.05, 0.1) is 5.92 Å². The fourth-order valence-electron chi connectivity index (χ4n) is 3.01. The summed E-state index contributed by atoms with van der Waals surface area (Å²) in [6.07, 6.45) is 2.11. The van der Waals surface area contributed by atoms with Crippen LogP contribution in [-0.4, -0.2) is 32.1 Å². The monoisotopic (exact) mass is 290 g/mol. The molecule has 0 spiro atoms. The number of benzene rings is 1. The molecule has 0 aromatic heterocycles. The molecule has 0 N–H and O–H groups in total. The number of methoxy groups -OCH3 is 2. The summed E-state index contributed by atoms with van der Waals surface area (Å²) in [6, 6.07) is 9.94. The number of ketones is 2. The molecule has 1 aromatic carbocycles. The molecule has 1 fully saturated rings. The molecular weight excluding hydrogens is 268 g/mol. The second kappa shape index (κ2) is 7.48. The van der Waals surface area contributed by atoms with Gasteiger partial charge in [0.25, 0.3) is 0 Å². The molecule has 0 saturated heterocycles. The lowest BCUT2D eigenvalue weighted by molar-refractivity contribution is -0.164. The minimum atomic E-state index is -0.936. The first-order valence-electron chi connectivity index (χ1n) is 7.34. The summed E-state index contributed by atoms with van der Waals surface area (Å²) in [5.41, 5.74) is 1.14. The lowest BCUT2D eigenvalue weighted by Gasteiger charge is -2.28. The fourth-order valence-corrected chi connectivity index (χ4v) is 3.01. The lowest BCUT2D eigenvalue weighted by atomic mass is 9.75. The second-order valence-electron chi connectivity index (χ2n) is 5.48. The number of ether oxygens (including phenoxy) is 2. The molecule has 1 aromatic rings. The third-order valence-corrected chi connectivity index (χ3v) is 4.12. The molecule has 4 heteroatoms. The zero-order valence-corrected chi connectivity index (χ0v) is 12.6. The van der Waals surface area contributed by atoms with Crippen LogP contribution in [0.2, 0.25) is 0 Å². The summed E-state index contributed by atoms with van der Waals surface area (Å²) in [5.74, 6) is -0.876. The minimum absolute atomic E-state index is 0.0363. The molecule has 0 amide bonds. The van der Waals surface area contributed by atoms with Crippen LogP contribution in [0, 0.1) is 11.8 Å². The van der Waals surface area contributed by atoms with Crippen LogP contribution in [0.1, 0.15) is 24.8 Å². The number of carbonyl (C=O) groups is 2. The molecule has 0 unspecified atom stereocenters. The van der Waals surface area contributed by atoms with E-state index in [-0.39, 0.29) is 17.5 Å². The average molecular weight is 290 g/mol. The molecule has 114 valence electrons. The summed E-state index contributed by atoms with van der Waals surface area (Å²) in [5, 5.41) is 0. The van der Waals surface area contributed by atoms with E-state index in [2.05, 4.69) is 0 Å². The van der Waals surface area contributed by atoms with Crippen molar-refractivity contribution >= 4 is 11.6 Å². The van der Waals surface area contributed by atoms with E-state index in [1.807, 2.05) is 30.3 Å². The minimum Gasteiger partial charge on any atom is -0.349 e. The van der Waals surface area contributed by atoms with Gasteiger partial charge < -0.3 is 9.47 Å². The molecule has 0 bridgehead atoms. The highest BCUT2D eigenvalue weighted by molar-refractivity contribution is 6.05. The molecule has 2 atom stereocenters. The molecule has 0 aliphatic heterocycles. The summed E-state index contributed by atoms with van der Waals surface area (Å²) < 4.78 is 9.98. The predicted molar refractivity (Wildman–Crippen MR) is 78.8 cm³/mol. The van der Waals surface area contributed by atoms with Crippen molar-refractivity contribution in [3.8, 4) is 0 Å². The van der Waals surface area contributed by atoms with Gasteiger partial charge in [-0.25, -0.2) is 0 Å². The standard InChI is InChI=1S/C17H22O4/c1-20-17(21-2)16(19)14-10-6-9-13(15(14)18)11-12-7-4-3-5-8-12/h3-5,7-8,13-14,17H,6,9-11H2,1-2H3/t13-,14-/m1/s1. The van der Waals surface area contributed by atoms with Gasteiger partial charge in [-0.2, -0.15) is 0 Å². The molecule has 21 heavy (non-hydrogen) atoms. The van der Waals surface area contributed by atoms with E-state index >= 15 is 0 Å². The molecule has 1 aliphatic carbocycles. The summed E-state index contributed by atoms with van der Waals surface area (Å²) in [6.45, 7) is 0. The summed E-state index contributed by atoms with van der Waals surface area (Å²) in [4.78, 5) is 24.9. The van der Waals surface area contributed by atoms with Crippen molar-refractivity contribution in [2.45, 2.75) is 32.0 Å². The van der Waals surface area contributed by atoms with E-state index < -0.39 is 12.2 Å². The van der Waals surface area contributed by atoms with E-state index in [0.29, 0.717) is 12.8 Å². The molecule has 0 radical (unpaired) electrons. The Morgan fingerprint density at radius 2 is 1.86 bits per heavy atom. The first-order chi connectivity index (χ1) is 10.2. The van der Waals surface area contributed by atoms with Crippen LogP contribution in [0.4, 0.5) is 0 Å². The zero-order valence-electron chi connectivity index (χ0n) is 12.6. The quantitative estimate of drug-likeness (QED) is 0.596. The average Bonchev–Trinajstić information content (AvgIpc) is 2.51. The van der Waals surface area contributed by atoms with Crippen LogP contribution in [0.3, 0.4) is 0 Å². The van der Waals surface area contributed by atoms with Crippen LogP contribution in [-0.2, 0) is 25.5 Å². The Morgan fingerprint density at radius 3 is 2.48 bits per heavy atom. The zero-order chi connectivity index (χ0) is 15.2. The van der Waals surface area contributed by atoms with Gasteiger partial charge in [0, 0.05) is 20.1 Å². The normalized spacial score (nSPS) is 22.5. The van der Waals surface area contributed by atoms with E-state index in [4.69, 9.17) is 9.47 Å². The maximum absolute atomic E-state index is 12.6. The molecule has 0 heterocycles. The SMILES string of the molecule is COC(OC)C(=O)[C@@H]1CCC[C@H](Cc2ccccc2)C1=O. The van der Waals surface area contributed by atoms with Gasteiger partial charge in [-0.1, -0.05) is 36.8 Å². The van der Waals surface area contributed by atoms with Gasteiger partial charge in [-0.05, 0) is 24.8 Å². The summed E-state index contributed by atoms with van der Waals surface area (Å²) in [7, 11) is 2.83. The largest absolute Gasteiger partial charge is 0.349 e. The van der Waals surface area contributed by atoms with E-state index in [1.165, 1.54) is 14.2 Å². The van der Waals surface area contributed by atoms with Crippen molar-refractivity contribution in [1.29, 1.82) is 0 Å². The van der Waals surface area contributed by atoms with Crippen molar-refractivity contribution in [3.05, 3.63) is 35.9 Å². The van der Waals surface area contributed by atoms with Gasteiger partial charge in [0.1, 0.15) is 5.78 Å². The Labute approximate surface area is 125 Å². The van der Waals surface area contributed by atoms with Crippen LogP contribution < -0.4 is 0 Å². The second-order valence-corrected chi connectivity index (χ2v) is 5.48. The molecule has 4 nitrogen and oxygen atoms in total. The first-order valence-corrected chi connectivity index (χ1v) is 7.34. The Morgan fingerprint density at radius 1 is 1.19 bits per heavy atom. The van der Waals surface area contributed by atoms with Crippen LogP contribution in [0.5, 0.6) is 0 Å². The van der Waals surface area contributed by atoms with Gasteiger partial charge in [0.15, 0.2) is 5.78 Å². The van der Waals surface area contributed by atoms with Gasteiger partial charge >= 0.3 is 0 Å². The van der Waals surface area contributed by atoms with Crippen LogP contribution >= 0.6 is 0 Å². The Balaban J connectivity index is 2.06. The highest BCUT2D eigenvalue weighted by atomic mass is 16.7. The van der Waals surface area contributed by atoms with Crippen LogP contribution in [0.25, 0.3) is 0 Å². The van der Waals surface area contributed by atoms with E-state index in [9.17, 15) is 9.59 Å². The predicted octanol–water partition coefficient (Wildman–Crippen LogP) is 2.40. The number of Topliss-reactive ketones (excluding diaryl/α,β-unsaturated/α-hetero) is 2. The van der Waals surface area contributed by atoms with E-state index in [1.54, 1.807) is 0 Å². The van der Waals surface area contributed by atoms with Gasteiger partial charge in [0.2, 0.25) is 6.29 Å². The Hall–Kier alpha value is -1.52. The molecule has 1 saturated carbocycles. The number of hydrogen-bond acceptors (Lipinski definition) is 4. The first kappa shape index (κ1) is 15.9. The van der Waals surface area contributed by atoms with E-state index in [0.717, 1.165) is 18.4 Å². The van der Waals surface area contributed by atoms with Gasteiger partial charge in [-0.15, -0.1) is 0 Å². The third-order valence-electron chi connectivity index (χ3n) is 4.12. The Kier molecular flexibility index (Phi) is 5.65. The van der Waals surface area contributed by atoms with Crippen LogP contribution in [0.15, 0.2) is 30.3 Å². The molecule has 1 aliphatic rings. The smallest absolute Gasteiger partial charge is 0.218 e. The number of hydrogen-bond donors (Lipinski definition) is 0.